The average Bonchev–Trinajstić information content (AvgIpc) is 2.47. The van der Waals surface area contributed by atoms with Crippen molar-refractivity contribution < 1.29 is 4.79 Å². The minimum Gasteiger partial charge on any atom is -0.383 e. The Morgan fingerprint density at radius 2 is 2.19 bits per heavy atom. The van der Waals surface area contributed by atoms with Gasteiger partial charge in [-0.3, -0.25) is 9.78 Å². The molecule has 2 aromatic rings. The summed E-state index contributed by atoms with van der Waals surface area (Å²) in [5, 5.41) is 3.17. The summed E-state index contributed by atoms with van der Waals surface area (Å²) in [4.78, 5) is 18.3. The Bertz CT molecular complexity index is 630. The molecule has 0 unspecified atom stereocenters. The number of carbonyl (C=O) groups excluding carboxylic acids is 1. The highest BCUT2D eigenvalue weighted by molar-refractivity contribution is 9.10. The van der Waals surface area contributed by atoms with Crippen LogP contribution >= 0.6 is 15.9 Å². The van der Waals surface area contributed by atoms with Crippen molar-refractivity contribution in [1.29, 1.82) is 0 Å². The summed E-state index contributed by atoms with van der Waals surface area (Å²) in [5.41, 5.74) is 2.50. The number of pyridine rings is 1. The van der Waals surface area contributed by atoms with Crippen molar-refractivity contribution in [3.05, 3.63) is 58.3 Å². The van der Waals surface area contributed by atoms with Gasteiger partial charge in [0.25, 0.3) is 5.91 Å². The van der Waals surface area contributed by atoms with E-state index in [0.29, 0.717) is 12.1 Å². The van der Waals surface area contributed by atoms with Gasteiger partial charge in [0.2, 0.25) is 0 Å². The van der Waals surface area contributed by atoms with Crippen LogP contribution in [-0.2, 0) is 6.54 Å². The van der Waals surface area contributed by atoms with Gasteiger partial charge in [-0.1, -0.05) is 28.1 Å². The third kappa shape index (κ3) is 4.04. The van der Waals surface area contributed by atoms with Crippen LogP contribution in [0.4, 0.5) is 5.69 Å². The molecular weight excluding hydrogens is 330 g/mol. The van der Waals surface area contributed by atoms with Crippen LogP contribution in [0.1, 0.15) is 22.8 Å². The highest BCUT2D eigenvalue weighted by atomic mass is 79.9. The lowest BCUT2D eigenvalue weighted by Gasteiger charge is -2.19. The molecular formula is C16H18BrN3O. The Kier molecular flexibility index (Phi) is 5.33. The summed E-state index contributed by atoms with van der Waals surface area (Å²) in [7, 11) is 1.80. The molecule has 0 aliphatic carbocycles. The Labute approximate surface area is 133 Å². The molecule has 4 nitrogen and oxygen atoms in total. The first-order valence-corrected chi connectivity index (χ1v) is 7.59. The van der Waals surface area contributed by atoms with Crippen LogP contribution in [0, 0.1) is 0 Å². The summed E-state index contributed by atoms with van der Waals surface area (Å²) in [5.74, 6) is -0.0201. The molecule has 0 radical (unpaired) electrons. The fourth-order valence-corrected chi connectivity index (χ4v) is 2.55. The minimum atomic E-state index is -0.0201. The van der Waals surface area contributed by atoms with Crippen LogP contribution < -0.4 is 5.32 Å². The number of nitrogens with one attached hydrogen (secondary N) is 1. The number of hydrogen-bond acceptors (Lipinski definition) is 3. The minimum absolute atomic E-state index is 0.0201. The van der Waals surface area contributed by atoms with Gasteiger partial charge in [0, 0.05) is 30.8 Å². The normalized spacial score (nSPS) is 10.2. The van der Waals surface area contributed by atoms with E-state index in [1.807, 2.05) is 31.2 Å². The monoisotopic (exact) mass is 347 g/mol. The van der Waals surface area contributed by atoms with Gasteiger partial charge in [0.1, 0.15) is 0 Å². The van der Waals surface area contributed by atoms with Gasteiger partial charge in [-0.05, 0) is 30.7 Å². The fourth-order valence-electron chi connectivity index (χ4n) is 2.10. The van der Waals surface area contributed by atoms with Crippen LogP contribution in [0.3, 0.4) is 0 Å². The molecule has 0 atom stereocenters. The van der Waals surface area contributed by atoms with Gasteiger partial charge in [-0.2, -0.15) is 0 Å². The maximum absolute atomic E-state index is 12.6. The molecule has 21 heavy (non-hydrogen) atoms. The summed E-state index contributed by atoms with van der Waals surface area (Å²) >= 11 is 3.44. The van der Waals surface area contributed by atoms with Crippen LogP contribution in [0.15, 0.2) is 47.2 Å². The van der Waals surface area contributed by atoms with E-state index in [-0.39, 0.29) is 5.91 Å². The Hall–Kier alpha value is -1.88. The van der Waals surface area contributed by atoms with E-state index >= 15 is 0 Å². The zero-order valence-electron chi connectivity index (χ0n) is 12.1. The standard InChI is InChI=1S/C16H18BrN3O/c1-3-19-15-10-18-8-7-14(15)16(21)20(2)11-12-5-4-6-13(17)9-12/h4-10,19H,3,11H2,1-2H3. The molecule has 110 valence electrons. The van der Waals surface area contributed by atoms with Crippen molar-refractivity contribution in [3.63, 3.8) is 0 Å². The SMILES string of the molecule is CCNc1cnccc1C(=O)N(C)Cc1cccc(Br)c1. The Morgan fingerprint density at radius 1 is 1.38 bits per heavy atom. The molecule has 0 saturated carbocycles. The fraction of sp³-hybridized carbons (Fsp3) is 0.250. The van der Waals surface area contributed by atoms with Crippen molar-refractivity contribution in [2.45, 2.75) is 13.5 Å². The Balaban J connectivity index is 2.16. The average molecular weight is 348 g/mol. The van der Waals surface area contributed by atoms with E-state index in [1.54, 1.807) is 30.4 Å². The van der Waals surface area contributed by atoms with Crippen LogP contribution in [-0.4, -0.2) is 29.4 Å². The largest absolute Gasteiger partial charge is 0.383 e. The molecule has 0 spiro atoms. The molecule has 1 aromatic heterocycles. The van der Waals surface area contributed by atoms with Gasteiger partial charge in [0.05, 0.1) is 17.4 Å². The van der Waals surface area contributed by atoms with E-state index in [4.69, 9.17) is 0 Å². The molecule has 1 amide bonds. The summed E-state index contributed by atoms with van der Waals surface area (Å²) < 4.78 is 1.01. The van der Waals surface area contributed by atoms with E-state index in [9.17, 15) is 4.79 Å². The highest BCUT2D eigenvalue weighted by Crippen LogP contribution is 2.18. The second-order valence-electron chi connectivity index (χ2n) is 4.74. The van der Waals surface area contributed by atoms with Gasteiger partial charge >= 0.3 is 0 Å². The smallest absolute Gasteiger partial charge is 0.256 e. The maximum atomic E-state index is 12.6. The van der Waals surface area contributed by atoms with Crippen LogP contribution in [0.2, 0.25) is 0 Å². The lowest BCUT2D eigenvalue weighted by Crippen LogP contribution is -2.27. The first-order chi connectivity index (χ1) is 10.1. The molecule has 0 aliphatic heterocycles. The predicted molar refractivity (Wildman–Crippen MR) is 88.3 cm³/mol. The molecule has 0 bridgehead atoms. The number of rotatable bonds is 5. The number of nitrogens with zero attached hydrogens (tertiary/aromatic N) is 2. The lowest BCUT2D eigenvalue weighted by molar-refractivity contribution is 0.0786. The molecule has 0 saturated heterocycles. The molecule has 1 heterocycles. The topological polar surface area (TPSA) is 45.2 Å². The summed E-state index contributed by atoms with van der Waals surface area (Å²) in [6, 6.07) is 9.71. The maximum Gasteiger partial charge on any atom is 0.256 e. The van der Waals surface area contributed by atoms with Crippen LogP contribution in [0.5, 0.6) is 0 Å². The molecule has 5 heteroatoms. The Morgan fingerprint density at radius 3 is 2.90 bits per heavy atom. The third-order valence-corrected chi connectivity index (χ3v) is 3.57. The lowest BCUT2D eigenvalue weighted by atomic mass is 10.1. The third-order valence-electron chi connectivity index (χ3n) is 3.07. The van der Waals surface area contributed by atoms with Crippen molar-refractivity contribution >= 4 is 27.5 Å². The zero-order valence-corrected chi connectivity index (χ0v) is 13.7. The number of carbonyl (C=O) groups is 1. The second kappa shape index (κ2) is 7.22. The quantitative estimate of drug-likeness (QED) is 0.899. The summed E-state index contributed by atoms with van der Waals surface area (Å²) in [6.45, 7) is 3.31. The second-order valence-corrected chi connectivity index (χ2v) is 5.66. The van der Waals surface area contributed by atoms with Crippen molar-refractivity contribution in [3.8, 4) is 0 Å². The van der Waals surface area contributed by atoms with Crippen molar-refractivity contribution in [2.24, 2.45) is 0 Å². The molecule has 1 N–H and O–H groups in total. The van der Waals surface area contributed by atoms with Crippen LogP contribution in [0.25, 0.3) is 0 Å². The zero-order chi connectivity index (χ0) is 15.2. The predicted octanol–water partition coefficient (Wildman–Crippen LogP) is 3.55. The molecule has 2 rings (SSSR count). The first kappa shape index (κ1) is 15.5. The van der Waals surface area contributed by atoms with Crippen molar-refractivity contribution in [2.75, 3.05) is 18.9 Å². The van der Waals surface area contributed by atoms with Crippen molar-refractivity contribution in [1.82, 2.24) is 9.88 Å². The van der Waals surface area contributed by atoms with E-state index < -0.39 is 0 Å². The van der Waals surface area contributed by atoms with Gasteiger partial charge in [0.15, 0.2) is 0 Å². The van der Waals surface area contributed by atoms with E-state index in [2.05, 4.69) is 26.2 Å². The number of hydrogen-bond donors (Lipinski definition) is 1. The number of amides is 1. The van der Waals surface area contributed by atoms with E-state index in [0.717, 1.165) is 22.3 Å². The van der Waals surface area contributed by atoms with Gasteiger partial charge in [-0.15, -0.1) is 0 Å². The number of benzene rings is 1. The molecule has 1 aromatic carbocycles. The van der Waals surface area contributed by atoms with E-state index in [1.165, 1.54) is 0 Å². The first-order valence-electron chi connectivity index (χ1n) is 6.79. The summed E-state index contributed by atoms with van der Waals surface area (Å²) in [6.07, 6.45) is 3.32. The van der Waals surface area contributed by atoms with Gasteiger partial charge in [-0.25, -0.2) is 0 Å². The number of anilines is 1. The highest BCUT2D eigenvalue weighted by Gasteiger charge is 2.15. The number of halogens is 1. The van der Waals surface area contributed by atoms with Gasteiger partial charge < -0.3 is 10.2 Å². The molecule has 0 fully saturated rings. The number of aromatic nitrogens is 1. The molecule has 0 aliphatic rings.